The predicted molar refractivity (Wildman–Crippen MR) is 69.5 cm³/mol. The molecule has 0 saturated heterocycles. The Kier molecular flexibility index (Phi) is 4.94. The van der Waals surface area contributed by atoms with E-state index in [0.717, 1.165) is 18.9 Å². The Balaban J connectivity index is 2.24. The second kappa shape index (κ2) is 6.00. The van der Waals surface area contributed by atoms with E-state index in [0.29, 0.717) is 0 Å². The molecule has 0 spiro atoms. The van der Waals surface area contributed by atoms with Gasteiger partial charge in [-0.2, -0.15) is 0 Å². The van der Waals surface area contributed by atoms with Crippen molar-refractivity contribution in [1.82, 2.24) is 10.3 Å². The summed E-state index contributed by atoms with van der Waals surface area (Å²) in [5, 5.41) is 3.53. The van der Waals surface area contributed by atoms with Crippen molar-refractivity contribution < 1.29 is 0 Å². The lowest BCUT2D eigenvalue weighted by molar-refractivity contribution is 0.394. The van der Waals surface area contributed by atoms with Crippen molar-refractivity contribution in [3.63, 3.8) is 0 Å². The second-order valence-corrected chi connectivity index (χ2v) is 5.63. The average molecular weight is 220 g/mol. The summed E-state index contributed by atoms with van der Waals surface area (Å²) < 4.78 is 0. The monoisotopic (exact) mass is 220 g/mol. The molecule has 1 atom stereocenters. The largest absolute Gasteiger partial charge is 0.312 e. The van der Waals surface area contributed by atoms with Crippen LogP contribution < -0.4 is 5.32 Å². The Morgan fingerprint density at radius 1 is 1.25 bits per heavy atom. The molecule has 0 aliphatic carbocycles. The van der Waals surface area contributed by atoms with Crippen LogP contribution in [0.1, 0.15) is 39.7 Å². The number of hydrogen-bond acceptors (Lipinski definition) is 2. The molecular weight excluding hydrogens is 196 g/mol. The minimum Gasteiger partial charge on any atom is -0.312 e. The third kappa shape index (κ3) is 5.86. The number of nitrogens with zero attached hydrogens (tertiary/aromatic N) is 1. The van der Waals surface area contributed by atoms with Crippen molar-refractivity contribution >= 4 is 0 Å². The maximum atomic E-state index is 4.03. The van der Waals surface area contributed by atoms with Crippen LogP contribution in [-0.2, 0) is 6.42 Å². The summed E-state index contributed by atoms with van der Waals surface area (Å²) in [5.74, 6) is 0.720. The van der Waals surface area contributed by atoms with Gasteiger partial charge in [-0.1, -0.05) is 6.92 Å². The molecule has 1 rings (SSSR count). The van der Waals surface area contributed by atoms with E-state index in [9.17, 15) is 0 Å². The van der Waals surface area contributed by atoms with Gasteiger partial charge in [0.15, 0.2) is 0 Å². The summed E-state index contributed by atoms with van der Waals surface area (Å²) in [5.41, 5.74) is 1.62. The fourth-order valence-corrected chi connectivity index (χ4v) is 1.72. The lowest BCUT2D eigenvalue weighted by atomic mass is 9.98. The molecular formula is C14H24N2. The zero-order valence-electron chi connectivity index (χ0n) is 11.0. The van der Waals surface area contributed by atoms with Crippen molar-refractivity contribution in [3.05, 3.63) is 30.1 Å². The Bertz CT molecular complexity index is 287. The number of nitrogens with one attached hydrogen (secondary N) is 1. The second-order valence-electron chi connectivity index (χ2n) is 5.63. The van der Waals surface area contributed by atoms with Crippen molar-refractivity contribution in [2.24, 2.45) is 5.92 Å². The van der Waals surface area contributed by atoms with Gasteiger partial charge in [-0.25, -0.2) is 0 Å². The van der Waals surface area contributed by atoms with Crippen LogP contribution in [-0.4, -0.2) is 17.1 Å². The first kappa shape index (κ1) is 13.2. The summed E-state index contributed by atoms with van der Waals surface area (Å²) in [4.78, 5) is 4.03. The molecule has 1 N–H and O–H groups in total. The van der Waals surface area contributed by atoms with E-state index in [4.69, 9.17) is 0 Å². The maximum Gasteiger partial charge on any atom is 0.0270 e. The summed E-state index contributed by atoms with van der Waals surface area (Å²) in [6.07, 6.45) is 6.11. The quantitative estimate of drug-likeness (QED) is 0.825. The van der Waals surface area contributed by atoms with Crippen LogP contribution >= 0.6 is 0 Å². The van der Waals surface area contributed by atoms with Crippen molar-refractivity contribution in [3.8, 4) is 0 Å². The molecule has 1 aromatic rings. The lowest BCUT2D eigenvalue weighted by Crippen LogP contribution is -2.37. The fraction of sp³-hybridized carbons (Fsp3) is 0.643. The Hall–Kier alpha value is -0.890. The fourth-order valence-electron chi connectivity index (χ4n) is 1.72. The van der Waals surface area contributed by atoms with E-state index in [2.05, 4.69) is 50.1 Å². The van der Waals surface area contributed by atoms with E-state index in [1.54, 1.807) is 0 Å². The normalized spacial score (nSPS) is 13.8. The Morgan fingerprint density at radius 3 is 2.44 bits per heavy atom. The van der Waals surface area contributed by atoms with Crippen molar-refractivity contribution in [2.45, 2.75) is 46.1 Å². The highest BCUT2D eigenvalue weighted by Crippen LogP contribution is 2.11. The Labute approximate surface area is 99.5 Å². The number of hydrogen-bond donors (Lipinski definition) is 1. The van der Waals surface area contributed by atoms with Crippen molar-refractivity contribution in [1.29, 1.82) is 0 Å². The van der Waals surface area contributed by atoms with Crippen LogP contribution in [0.15, 0.2) is 24.5 Å². The summed E-state index contributed by atoms with van der Waals surface area (Å²) in [6.45, 7) is 10.0. The molecule has 0 amide bonds. The summed E-state index contributed by atoms with van der Waals surface area (Å²) >= 11 is 0. The van der Waals surface area contributed by atoms with E-state index >= 15 is 0 Å². The molecule has 2 nitrogen and oxygen atoms in total. The molecule has 0 radical (unpaired) electrons. The molecule has 2 heteroatoms. The minimum absolute atomic E-state index is 0.233. The van der Waals surface area contributed by atoms with Crippen LogP contribution in [0.2, 0.25) is 0 Å². The van der Waals surface area contributed by atoms with Gasteiger partial charge in [0.25, 0.3) is 0 Å². The van der Waals surface area contributed by atoms with Crippen molar-refractivity contribution in [2.75, 3.05) is 6.54 Å². The van der Waals surface area contributed by atoms with Crippen LogP contribution in [0.5, 0.6) is 0 Å². The SMILES string of the molecule is CC(CCNC(C)(C)C)Cc1ccncc1. The first-order valence-electron chi connectivity index (χ1n) is 6.11. The smallest absolute Gasteiger partial charge is 0.0270 e. The number of rotatable bonds is 5. The molecule has 0 aliphatic rings. The minimum atomic E-state index is 0.233. The van der Waals surface area contributed by atoms with Gasteiger partial charge in [-0.05, 0) is 63.8 Å². The third-order valence-electron chi connectivity index (χ3n) is 2.63. The van der Waals surface area contributed by atoms with Gasteiger partial charge in [-0.15, -0.1) is 0 Å². The molecule has 1 aromatic heterocycles. The van der Waals surface area contributed by atoms with Crippen LogP contribution in [0, 0.1) is 5.92 Å². The van der Waals surface area contributed by atoms with E-state index < -0.39 is 0 Å². The topological polar surface area (TPSA) is 24.9 Å². The third-order valence-corrected chi connectivity index (χ3v) is 2.63. The predicted octanol–water partition coefficient (Wildman–Crippen LogP) is 3.04. The average Bonchev–Trinajstić information content (AvgIpc) is 2.17. The number of aromatic nitrogens is 1. The van der Waals surface area contributed by atoms with Gasteiger partial charge >= 0.3 is 0 Å². The zero-order chi connectivity index (χ0) is 12.0. The molecule has 1 heterocycles. The van der Waals surface area contributed by atoms with Crippen LogP contribution in [0.25, 0.3) is 0 Å². The molecule has 16 heavy (non-hydrogen) atoms. The van der Waals surface area contributed by atoms with Crippen LogP contribution in [0.4, 0.5) is 0 Å². The molecule has 0 aliphatic heterocycles. The summed E-state index contributed by atoms with van der Waals surface area (Å²) in [7, 11) is 0. The van der Waals surface area contributed by atoms with E-state index in [1.165, 1.54) is 12.0 Å². The van der Waals surface area contributed by atoms with Crippen LogP contribution in [0.3, 0.4) is 0 Å². The molecule has 90 valence electrons. The molecule has 1 unspecified atom stereocenters. The highest BCUT2D eigenvalue weighted by Gasteiger charge is 2.09. The first-order valence-corrected chi connectivity index (χ1v) is 6.11. The van der Waals surface area contributed by atoms with Gasteiger partial charge in [0.2, 0.25) is 0 Å². The van der Waals surface area contributed by atoms with Gasteiger partial charge in [0, 0.05) is 17.9 Å². The van der Waals surface area contributed by atoms with Gasteiger partial charge in [0.05, 0.1) is 0 Å². The molecule has 0 saturated carbocycles. The zero-order valence-corrected chi connectivity index (χ0v) is 11.0. The lowest BCUT2D eigenvalue weighted by Gasteiger charge is -2.22. The highest BCUT2D eigenvalue weighted by atomic mass is 14.9. The molecule has 0 bridgehead atoms. The summed E-state index contributed by atoms with van der Waals surface area (Å²) in [6, 6.07) is 4.21. The number of pyridine rings is 1. The first-order chi connectivity index (χ1) is 7.47. The van der Waals surface area contributed by atoms with Gasteiger partial charge in [0.1, 0.15) is 0 Å². The van der Waals surface area contributed by atoms with Gasteiger partial charge in [-0.3, -0.25) is 4.98 Å². The highest BCUT2D eigenvalue weighted by molar-refractivity contribution is 5.10. The van der Waals surface area contributed by atoms with E-state index in [-0.39, 0.29) is 5.54 Å². The van der Waals surface area contributed by atoms with E-state index in [1.807, 2.05) is 12.4 Å². The maximum absolute atomic E-state index is 4.03. The molecule has 0 aromatic carbocycles. The Morgan fingerprint density at radius 2 is 1.88 bits per heavy atom. The van der Waals surface area contributed by atoms with Gasteiger partial charge < -0.3 is 5.32 Å². The standard InChI is InChI=1S/C14H24N2/c1-12(5-10-16-14(2,3)4)11-13-6-8-15-9-7-13/h6-9,12,16H,5,10-11H2,1-4H3. The molecule has 0 fully saturated rings.